The molecule has 1 heterocycles. The van der Waals surface area contributed by atoms with Crippen molar-refractivity contribution in [1.29, 1.82) is 0 Å². The Kier molecular flexibility index (Phi) is 10.3. The van der Waals surface area contributed by atoms with Gasteiger partial charge in [-0.2, -0.15) is 0 Å². The predicted molar refractivity (Wildman–Crippen MR) is 114 cm³/mol. The molecule has 0 bridgehead atoms. The van der Waals surface area contributed by atoms with E-state index in [-0.39, 0.29) is 5.97 Å². The first-order valence-electron chi connectivity index (χ1n) is 10.8. The Morgan fingerprint density at radius 1 is 0.821 bits per heavy atom. The van der Waals surface area contributed by atoms with Crippen LogP contribution in [-0.4, -0.2) is 15.9 Å². The van der Waals surface area contributed by atoms with Gasteiger partial charge in [0, 0.05) is 18.2 Å². The van der Waals surface area contributed by atoms with Gasteiger partial charge in [0.1, 0.15) is 5.75 Å². The van der Waals surface area contributed by atoms with Crippen LogP contribution >= 0.6 is 0 Å². The molecule has 0 fully saturated rings. The molecular weight excluding hydrogens is 348 g/mol. The van der Waals surface area contributed by atoms with Crippen molar-refractivity contribution in [1.82, 2.24) is 9.97 Å². The van der Waals surface area contributed by atoms with E-state index in [0.29, 0.717) is 12.2 Å². The van der Waals surface area contributed by atoms with Crippen LogP contribution in [0.5, 0.6) is 5.75 Å². The summed E-state index contributed by atoms with van der Waals surface area (Å²) in [5.41, 5.74) is 2.86. The number of rotatable bonds is 13. The number of hydrogen-bond donors (Lipinski definition) is 0. The summed E-state index contributed by atoms with van der Waals surface area (Å²) < 4.78 is 5.42. The molecule has 0 saturated carbocycles. The van der Waals surface area contributed by atoms with Crippen LogP contribution in [0.1, 0.15) is 83.7 Å². The van der Waals surface area contributed by atoms with Gasteiger partial charge in [-0.05, 0) is 43.5 Å². The fourth-order valence-corrected chi connectivity index (χ4v) is 3.11. The van der Waals surface area contributed by atoms with Gasteiger partial charge in [-0.15, -0.1) is 0 Å². The lowest BCUT2D eigenvalue weighted by Crippen LogP contribution is -2.07. The first-order chi connectivity index (χ1) is 13.7. The quantitative estimate of drug-likeness (QED) is 0.224. The third kappa shape index (κ3) is 8.20. The third-order valence-electron chi connectivity index (χ3n) is 4.86. The van der Waals surface area contributed by atoms with Crippen molar-refractivity contribution < 1.29 is 9.53 Å². The zero-order chi connectivity index (χ0) is 20.0. The second-order valence-electron chi connectivity index (χ2n) is 7.37. The first-order valence-corrected chi connectivity index (χ1v) is 10.8. The molecule has 28 heavy (non-hydrogen) atoms. The van der Waals surface area contributed by atoms with Crippen LogP contribution in [0.4, 0.5) is 0 Å². The van der Waals surface area contributed by atoms with E-state index in [1.807, 2.05) is 36.7 Å². The van der Waals surface area contributed by atoms with E-state index in [9.17, 15) is 4.79 Å². The molecule has 0 radical (unpaired) electrons. The SMILES string of the molecule is CCCCCCCC(=O)Oc1ccc(-c2cnc(CCCCCC)cn2)cc1. The van der Waals surface area contributed by atoms with Gasteiger partial charge in [0.2, 0.25) is 0 Å². The fourth-order valence-electron chi connectivity index (χ4n) is 3.11. The Morgan fingerprint density at radius 2 is 1.50 bits per heavy atom. The fraction of sp³-hybridized carbons (Fsp3) is 0.542. The van der Waals surface area contributed by atoms with E-state index in [4.69, 9.17) is 4.74 Å². The van der Waals surface area contributed by atoms with Crippen molar-refractivity contribution in [2.45, 2.75) is 84.5 Å². The Labute approximate surface area is 169 Å². The molecular formula is C24H34N2O2. The molecule has 0 spiro atoms. The summed E-state index contributed by atoms with van der Waals surface area (Å²) in [7, 11) is 0. The van der Waals surface area contributed by atoms with Gasteiger partial charge < -0.3 is 4.74 Å². The lowest BCUT2D eigenvalue weighted by molar-refractivity contribution is -0.134. The van der Waals surface area contributed by atoms with E-state index in [1.54, 1.807) is 0 Å². The zero-order valence-corrected chi connectivity index (χ0v) is 17.5. The Bertz CT molecular complexity index is 681. The van der Waals surface area contributed by atoms with E-state index < -0.39 is 0 Å². The minimum Gasteiger partial charge on any atom is -0.427 e. The molecule has 0 unspecified atom stereocenters. The summed E-state index contributed by atoms with van der Waals surface area (Å²) in [6, 6.07) is 7.50. The van der Waals surface area contributed by atoms with Gasteiger partial charge in [-0.3, -0.25) is 14.8 Å². The number of esters is 1. The Morgan fingerprint density at radius 3 is 2.14 bits per heavy atom. The molecule has 4 heteroatoms. The number of aryl methyl sites for hydroxylation is 1. The first kappa shape index (κ1) is 22.1. The molecule has 2 aromatic rings. The van der Waals surface area contributed by atoms with Gasteiger partial charge in [0.15, 0.2) is 0 Å². The number of aromatic nitrogens is 2. The summed E-state index contributed by atoms with van der Waals surface area (Å²) in [4.78, 5) is 21.0. The van der Waals surface area contributed by atoms with Gasteiger partial charge in [0.05, 0.1) is 17.6 Å². The van der Waals surface area contributed by atoms with E-state index >= 15 is 0 Å². The smallest absolute Gasteiger partial charge is 0.311 e. The molecule has 0 aliphatic rings. The van der Waals surface area contributed by atoms with Crippen LogP contribution in [0, 0.1) is 0 Å². The summed E-state index contributed by atoms with van der Waals surface area (Å²) in [6.07, 6.45) is 15.7. The molecule has 1 aromatic carbocycles. The second kappa shape index (κ2) is 13.0. The predicted octanol–water partition coefficient (Wildman–Crippen LogP) is 6.53. The second-order valence-corrected chi connectivity index (χ2v) is 7.37. The normalized spacial score (nSPS) is 10.8. The summed E-state index contributed by atoms with van der Waals surface area (Å²) in [6.45, 7) is 4.40. The van der Waals surface area contributed by atoms with Gasteiger partial charge in [-0.1, -0.05) is 58.8 Å². The van der Waals surface area contributed by atoms with Gasteiger partial charge >= 0.3 is 5.97 Å². The lowest BCUT2D eigenvalue weighted by atomic mass is 10.1. The molecule has 0 aliphatic carbocycles. The molecule has 4 nitrogen and oxygen atoms in total. The highest BCUT2D eigenvalue weighted by atomic mass is 16.5. The maximum absolute atomic E-state index is 11.9. The standard InChI is InChI=1S/C24H34N2O2/c1-3-5-7-9-11-13-24(27)28-22-16-14-20(15-17-22)23-19-25-21(18-26-23)12-10-8-6-4-2/h14-19H,3-13H2,1-2H3. The number of carbonyl (C=O) groups excluding carboxylic acids is 1. The van der Waals surface area contributed by atoms with Crippen molar-refractivity contribution >= 4 is 5.97 Å². The molecule has 0 N–H and O–H groups in total. The summed E-state index contributed by atoms with van der Waals surface area (Å²) in [5, 5.41) is 0. The van der Waals surface area contributed by atoms with Crippen molar-refractivity contribution in [3.8, 4) is 17.0 Å². The molecule has 0 saturated heterocycles. The van der Waals surface area contributed by atoms with Crippen LogP contribution in [0.3, 0.4) is 0 Å². The topological polar surface area (TPSA) is 52.1 Å². The van der Waals surface area contributed by atoms with Gasteiger partial charge in [0.25, 0.3) is 0 Å². The van der Waals surface area contributed by atoms with Crippen LogP contribution in [0.2, 0.25) is 0 Å². The van der Waals surface area contributed by atoms with Crippen LogP contribution in [0.25, 0.3) is 11.3 Å². The number of hydrogen-bond acceptors (Lipinski definition) is 4. The van der Waals surface area contributed by atoms with E-state index in [0.717, 1.165) is 36.2 Å². The highest BCUT2D eigenvalue weighted by molar-refractivity contribution is 5.72. The van der Waals surface area contributed by atoms with Gasteiger partial charge in [-0.25, -0.2) is 0 Å². The largest absolute Gasteiger partial charge is 0.427 e. The van der Waals surface area contributed by atoms with Crippen molar-refractivity contribution in [2.24, 2.45) is 0 Å². The number of nitrogens with zero attached hydrogens (tertiary/aromatic N) is 2. The molecule has 152 valence electrons. The molecule has 0 amide bonds. The van der Waals surface area contributed by atoms with Crippen molar-refractivity contribution in [3.05, 3.63) is 42.4 Å². The molecule has 0 aliphatic heterocycles. The minimum absolute atomic E-state index is 0.156. The van der Waals surface area contributed by atoms with E-state index in [2.05, 4.69) is 23.8 Å². The van der Waals surface area contributed by atoms with Crippen molar-refractivity contribution in [3.63, 3.8) is 0 Å². The van der Waals surface area contributed by atoms with Crippen molar-refractivity contribution in [2.75, 3.05) is 0 Å². The number of benzene rings is 1. The highest BCUT2D eigenvalue weighted by Crippen LogP contribution is 2.21. The third-order valence-corrected chi connectivity index (χ3v) is 4.86. The zero-order valence-electron chi connectivity index (χ0n) is 17.5. The summed E-state index contributed by atoms with van der Waals surface area (Å²) in [5.74, 6) is 0.430. The number of carbonyl (C=O) groups is 1. The summed E-state index contributed by atoms with van der Waals surface area (Å²) >= 11 is 0. The Hall–Kier alpha value is -2.23. The maximum atomic E-state index is 11.9. The lowest BCUT2D eigenvalue weighted by Gasteiger charge is -2.06. The monoisotopic (exact) mass is 382 g/mol. The average molecular weight is 383 g/mol. The maximum Gasteiger partial charge on any atom is 0.311 e. The number of ether oxygens (including phenoxy) is 1. The minimum atomic E-state index is -0.156. The molecule has 0 atom stereocenters. The Balaban J connectivity index is 1.79. The van der Waals surface area contributed by atoms with Crippen LogP contribution in [-0.2, 0) is 11.2 Å². The number of unbranched alkanes of at least 4 members (excludes halogenated alkanes) is 7. The molecule has 2 rings (SSSR count). The average Bonchev–Trinajstić information content (AvgIpc) is 2.72. The highest BCUT2D eigenvalue weighted by Gasteiger charge is 2.06. The molecule has 1 aromatic heterocycles. The van der Waals surface area contributed by atoms with E-state index in [1.165, 1.54) is 44.9 Å². The van der Waals surface area contributed by atoms with Crippen LogP contribution in [0.15, 0.2) is 36.7 Å². The van der Waals surface area contributed by atoms with Crippen LogP contribution < -0.4 is 4.74 Å².